The third-order valence-electron chi connectivity index (χ3n) is 18.2. The number of anilines is 3. The molecule has 2 unspecified atom stereocenters. The summed E-state index contributed by atoms with van der Waals surface area (Å²) in [7, 11) is 0. The molecule has 8 bridgehead atoms. The van der Waals surface area contributed by atoms with Crippen molar-refractivity contribution in [2.75, 3.05) is 4.90 Å². The van der Waals surface area contributed by atoms with Gasteiger partial charge in [0.15, 0.2) is 0 Å². The fraction of sp³-hybridized carbons (Fsp3) is 0.0411. The van der Waals surface area contributed by atoms with Gasteiger partial charge < -0.3 is 9.47 Å². The molecule has 0 saturated carbocycles. The molecule has 3 heteroatoms. The van der Waals surface area contributed by atoms with Crippen LogP contribution in [0.3, 0.4) is 0 Å². The fourth-order valence-corrected chi connectivity index (χ4v) is 16.3. The van der Waals surface area contributed by atoms with E-state index < -0.39 is 10.8 Å². The van der Waals surface area contributed by atoms with Gasteiger partial charge in [0, 0.05) is 49.0 Å². The van der Waals surface area contributed by atoms with Gasteiger partial charge in [-0.05, 0) is 167 Å². The third kappa shape index (κ3) is 4.98. The largest absolute Gasteiger partial charge is 0.310 e. The molecule has 0 amide bonds. The first-order chi connectivity index (χ1) is 37.6. The summed E-state index contributed by atoms with van der Waals surface area (Å²) in [5.74, 6) is 0. The lowest BCUT2D eigenvalue weighted by molar-refractivity contribution is 0.711. The maximum atomic E-state index is 2.59. The minimum absolute atomic E-state index is 0.492. The summed E-state index contributed by atoms with van der Waals surface area (Å²) < 4.78 is 5.27. The summed E-state index contributed by atoms with van der Waals surface area (Å²) in [5.41, 5.74) is 25.6. The molecule has 5 aliphatic rings. The van der Waals surface area contributed by atoms with E-state index in [1.807, 2.05) is 11.3 Å². The van der Waals surface area contributed by atoms with Gasteiger partial charge in [-0.2, -0.15) is 0 Å². The Kier molecular flexibility index (Phi) is 7.85. The molecule has 2 aromatic heterocycles. The van der Waals surface area contributed by atoms with E-state index in [2.05, 4.69) is 265 Å². The van der Waals surface area contributed by atoms with Crippen molar-refractivity contribution in [3.63, 3.8) is 0 Å². The Morgan fingerprint density at radius 2 is 0.829 bits per heavy atom. The number of rotatable bonds is 3. The van der Waals surface area contributed by atoms with E-state index in [-0.39, 0.29) is 0 Å². The van der Waals surface area contributed by atoms with Gasteiger partial charge in [0.1, 0.15) is 0 Å². The molecule has 3 aliphatic carbocycles. The second-order valence-electron chi connectivity index (χ2n) is 21.6. The van der Waals surface area contributed by atoms with Crippen LogP contribution in [0.25, 0.3) is 103 Å². The van der Waals surface area contributed by atoms with Crippen molar-refractivity contribution in [2.45, 2.75) is 17.8 Å². The predicted molar refractivity (Wildman–Crippen MR) is 319 cm³/mol. The zero-order valence-electron chi connectivity index (χ0n) is 41.5. The smallest absolute Gasteiger partial charge is 0.0734 e. The van der Waals surface area contributed by atoms with E-state index in [9.17, 15) is 0 Å². The van der Waals surface area contributed by atoms with Crippen molar-refractivity contribution in [3.05, 3.63) is 288 Å². The highest BCUT2D eigenvalue weighted by Crippen LogP contribution is 2.65. The van der Waals surface area contributed by atoms with Gasteiger partial charge in [-0.3, -0.25) is 0 Å². The average Bonchev–Trinajstić information content (AvgIpc) is 4.24. The van der Waals surface area contributed by atoms with Crippen LogP contribution in [0, 0.1) is 0 Å². The minimum Gasteiger partial charge on any atom is -0.310 e. The van der Waals surface area contributed by atoms with Crippen molar-refractivity contribution in [3.8, 4) is 50.2 Å². The van der Waals surface area contributed by atoms with Crippen LogP contribution in [-0.4, -0.2) is 4.57 Å². The molecule has 1 spiro atoms. The molecule has 352 valence electrons. The zero-order valence-corrected chi connectivity index (χ0v) is 42.3. The highest BCUT2D eigenvalue weighted by atomic mass is 32.1. The molecule has 12 aromatic carbocycles. The van der Waals surface area contributed by atoms with Crippen molar-refractivity contribution >= 4 is 81.1 Å². The SMILES string of the molecule is CC12c3ccc4c(c3)-c3ccccc3C43c4ccccc4-c4ccc(cc43)N(c3ccc(-c4ccccc4)cc3)c3ccc(c1c3)-c1ccc(-n3c4ccccc4c4sc5c6ccccc6c6ccccc6c5c43)cc12. The summed E-state index contributed by atoms with van der Waals surface area (Å²) in [6, 6.07) is 95.0. The lowest BCUT2D eigenvalue weighted by atomic mass is 9.69. The lowest BCUT2D eigenvalue weighted by Crippen LogP contribution is -2.26. The summed E-state index contributed by atoms with van der Waals surface area (Å²) >= 11 is 1.95. The van der Waals surface area contributed by atoms with Crippen molar-refractivity contribution in [1.29, 1.82) is 0 Å². The van der Waals surface area contributed by atoms with E-state index in [0.29, 0.717) is 0 Å². The molecule has 0 N–H and O–H groups in total. The highest BCUT2D eigenvalue weighted by molar-refractivity contribution is 7.27. The number of hydrogen-bond acceptors (Lipinski definition) is 2. The van der Waals surface area contributed by atoms with Crippen LogP contribution >= 0.6 is 11.3 Å². The zero-order chi connectivity index (χ0) is 49.6. The molecule has 2 atom stereocenters. The summed E-state index contributed by atoms with van der Waals surface area (Å²) in [6.45, 7) is 2.51. The van der Waals surface area contributed by atoms with Crippen LogP contribution in [0.2, 0.25) is 0 Å². The number of hydrogen-bond donors (Lipinski definition) is 0. The second-order valence-corrected chi connectivity index (χ2v) is 22.6. The van der Waals surface area contributed by atoms with Gasteiger partial charge in [0.05, 0.1) is 21.1 Å². The standard InChI is InChI=1S/C73H44N2S/c1-72-45-29-38-63-60(39-45)53-20-10-13-25-62(53)73(63)61-24-12-9-19-52(61)56-37-33-48(42-66(56)73)74(46-30-27-44(28-31-46)43-15-3-2-4-16-43)47-32-35-54(64(72)40-47)55-36-34-49(41-65(55)72)75-67-26-14-11-23-59(67)71-69(75)68-57-21-7-5-17-50(57)51-18-6-8-22-58(51)70(68)76-71/h2-42H,1H3. The third-order valence-corrected chi connectivity index (χ3v) is 19.4. The Labute approximate surface area is 443 Å². The van der Waals surface area contributed by atoms with Crippen LogP contribution < -0.4 is 4.90 Å². The molecule has 19 rings (SSSR count). The topological polar surface area (TPSA) is 8.17 Å². The van der Waals surface area contributed by atoms with E-state index >= 15 is 0 Å². The Balaban J connectivity index is 0.933. The molecule has 0 saturated heterocycles. The Morgan fingerprint density at radius 1 is 0.329 bits per heavy atom. The van der Waals surface area contributed by atoms with E-state index in [4.69, 9.17) is 0 Å². The molecule has 2 nitrogen and oxygen atoms in total. The molecule has 14 aromatic rings. The number of nitrogens with zero attached hydrogens (tertiary/aromatic N) is 2. The average molecular weight is 981 g/mol. The predicted octanol–water partition coefficient (Wildman–Crippen LogP) is 19.4. The van der Waals surface area contributed by atoms with E-state index in [1.54, 1.807) is 0 Å². The first kappa shape index (κ1) is 41.1. The van der Waals surface area contributed by atoms with E-state index in [1.165, 1.54) is 142 Å². The number of para-hydroxylation sites is 1. The first-order valence-electron chi connectivity index (χ1n) is 26.6. The molecular weight excluding hydrogens is 937 g/mol. The van der Waals surface area contributed by atoms with Crippen LogP contribution in [0.15, 0.2) is 249 Å². The van der Waals surface area contributed by atoms with Gasteiger partial charge in [-0.15, -0.1) is 11.3 Å². The number of thiophene rings is 1. The van der Waals surface area contributed by atoms with Crippen LogP contribution in [0.4, 0.5) is 17.1 Å². The normalized spacial score (nSPS) is 17.1. The van der Waals surface area contributed by atoms with Crippen LogP contribution in [0.5, 0.6) is 0 Å². The van der Waals surface area contributed by atoms with Gasteiger partial charge in [-0.1, -0.05) is 188 Å². The molecule has 0 fully saturated rings. The first-order valence-corrected chi connectivity index (χ1v) is 27.4. The highest BCUT2D eigenvalue weighted by Gasteiger charge is 2.53. The monoisotopic (exact) mass is 980 g/mol. The summed E-state index contributed by atoms with van der Waals surface area (Å²) in [6.07, 6.45) is 0. The summed E-state index contributed by atoms with van der Waals surface area (Å²) in [5, 5.41) is 7.83. The van der Waals surface area contributed by atoms with E-state index in [0.717, 1.165) is 17.1 Å². The van der Waals surface area contributed by atoms with Crippen LogP contribution in [-0.2, 0) is 10.8 Å². The molecular formula is C73H44N2S. The molecule has 76 heavy (non-hydrogen) atoms. The Hall–Kier alpha value is -9.28. The number of fused-ring (bicyclic) bond motifs is 16. The van der Waals surface area contributed by atoms with Gasteiger partial charge in [-0.25, -0.2) is 0 Å². The molecule has 2 aliphatic heterocycles. The van der Waals surface area contributed by atoms with Gasteiger partial charge in [0.25, 0.3) is 0 Å². The van der Waals surface area contributed by atoms with Crippen molar-refractivity contribution < 1.29 is 0 Å². The lowest BCUT2D eigenvalue weighted by Gasteiger charge is -2.32. The Morgan fingerprint density at radius 3 is 1.55 bits per heavy atom. The van der Waals surface area contributed by atoms with Crippen LogP contribution in [0.1, 0.15) is 45.9 Å². The minimum atomic E-state index is -0.535. The number of aromatic nitrogens is 1. The molecule has 0 radical (unpaired) electrons. The quantitative estimate of drug-likeness (QED) is 0.160. The maximum absolute atomic E-state index is 2.59. The van der Waals surface area contributed by atoms with Gasteiger partial charge >= 0.3 is 0 Å². The van der Waals surface area contributed by atoms with Crippen molar-refractivity contribution in [1.82, 2.24) is 4.57 Å². The fourth-order valence-electron chi connectivity index (χ4n) is 14.9. The summed E-state index contributed by atoms with van der Waals surface area (Å²) in [4.78, 5) is 2.51. The maximum Gasteiger partial charge on any atom is 0.0734 e. The van der Waals surface area contributed by atoms with Gasteiger partial charge in [0.2, 0.25) is 0 Å². The number of benzene rings is 12. The van der Waals surface area contributed by atoms with Crippen molar-refractivity contribution in [2.24, 2.45) is 0 Å². The Bertz CT molecular complexity index is 4900. The molecule has 4 heterocycles. The second kappa shape index (κ2) is 14.5.